The van der Waals surface area contributed by atoms with Gasteiger partial charge in [-0.2, -0.15) is 0 Å². The average molecular weight is 245 g/mol. The second-order valence-electron chi connectivity index (χ2n) is 5.60. The van der Waals surface area contributed by atoms with Crippen molar-refractivity contribution < 1.29 is 0 Å². The van der Waals surface area contributed by atoms with Crippen molar-refractivity contribution in [1.29, 1.82) is 0 Å². The maximum absolute atomic E-state index is 4.37. The van der Waals surface area contributed by atoms with E-state index < -0.39 is 0 Å². The van der Waals surface area contributed by atoms with Gasteiger partial charge in [0.1, 0.15) is 0 Å². The molecule has 0 spiro atoms. The summed E-state index contributed by atoms with van der Waals surface area (Å²) in [4.78, 5) is 0. The van der Waals surface area contributed by atoms with Crippen molar-refractivity contribution in [3.63, 3.8) is 0 Å². The molecule has 19 heavy (non-hydrogen) atoms. The molecule has 0 saturated carbocycles. The summed E-state index contributed by atoms with van der Waals surface area (Å²) in [6.07, 6.45) is 7.86. The van der Waals surface area contributed by atoms with Crippen molar-refractivity contribution in [3.05, 3.63) is 77.7 Å². The Morgan fingerprint density at radius 2 is 1.68 bits per heavy atom. The normalized spacial score (nSPS) is 19.5. The number of benzene rings is 2. The van der Waals surface area contributed by atoms with Crippen LogP contribution < -0.4 is 0 Å². The Morgan fingerprint density at radius 3 is 2.63 bits per heavy atom. The van der Waals surface area contributed by atoms with E-state index in [1.165, 1.54) is 22.3 Å². The van der Waals surface area contributed by atoms with E-state index in [4.69, 9.17) is 0 Å². The highest BCUT2D eigenvalue weighted by Crippen LogP contribution is 2.42. The summed E-state index contributed by atoms with van der Waals surface area (Å²) in [5.74, 6) is 0.390. The fourth-order valence-corrected chi connectivity index (χ4v) is 3.54. The molecule has 1 unspecified atom stereocenters. The van der Waals surface area contributed by atoms with Crippen LogP contribution in [-0.2, 0) is 19.3 Å². The van der Waals surface area contributed by atoms with Crippen LogP contribution in [0.25, 0.3) is 11.1 Å². The molecule has 0 aliphatic heterocycles. The molecule has 1 radical (unpaired) electrons. The lowest BCUT2D eigenvalue weighted by atomic mass is 9.75. The van der Waals surface area contributed by atoms with Gasteiger partial charge in [0.05, 0.1) is 0 Å². The molecular formula is C19H17. The molecule has 0 heteroatoms. The molecule has 2 aliphatic rings. The highest BCUT2D eigenvalue weighted by Gasteiger charge is 2.24. The van der Waals surface area contributed by atoms with E-state index in [9.17, 15) is 0 Å². The first-order chi connectivity index (χ1) is 9.34. The van der Waals surface area contributed by atoms with Crippen LogP contribution >= 0.6 is 0 Å². The summed E-state index contributed by atoms with van der Waals surface area (Å²) in [6, 6.07) is 13.4. The van der Waals surface area contributed by atoms with Gasteiger partial charge in [0.2, 0.25) is 0 Å². The number of hydrogen-bond donors (Lipinski definition) is 0. The average Bonchev–Trinajstić information content (AvgIpc) is 2.47. The predicted octanol–water partition coefficient (Wildman–Crippen LogP) is 4.48. The van der Waals surface area contributed by atoms with Crippen molar-refractivity contribution in [2.24, 2.45) is 0 Å². The third-order valence-corrected chi connectivity index (χ3v) is 4.50. The second kappa shape index (κ2) is 4.09. The van der Waals surface area contributed by atoms with Crippen LogP contribution in [-0.4, -0.2) is 0 Å². The Labute approximate surface area is 114 Å². The van der Waals surface area contributed by atoms with Crippen LogP contribution in [0.1, 0.15) is 28.2 Å². The van der Waals surface area contributed by atoms with Crippen LogP contribution in [0.5, 0.6) is 0 Å². The molecule has 2 aliphatic carbocycles. The first-order valence-corrected chi connectivity index (χ1v) is 7.05. The van der Waals surface area contributed by atoms with E-state index in [1.807, 2.05) is 0 Å². The zero-order chi connectivity index (χ0) is 12.8. The molecule has 0 heterocycles. The predicted molar refractivity (Wildman–Crippen MR) is 80.2 cm³/mol. The Bertz CT molecular complexity index is 676. The van der Waals surface area contributed by atoms with Gasteiger partial charge in [-0.1, -0.05) is 48.6 Å². The molecule has 1 atom stereocenters. The van der Waals surface area contributed by atoms with Gasteiger partial charge in [0.15, 0.2) is 0 Å². The topological polar surface area (TPSA) is 0 Å². The van der Waals surface area contributed by atoms with Crippen LogP contribution in [0.4, 0.5) is 0 Å². The SMILES string of the molecule is [CH2]C1Cc2c(ccc3c2CC=CC3)-c2ccccc21. The highest BCUT2D eigenvalue weighted by molar-refractivity contribution is 5.76. The number of hydrogen-bond acceptors (Lipinski definition) is 0. The lowest BCUT2D eigenvalue weighted by molar-refractivity contribution is 0.805. The smallest absolute Gasteiger partial charge is 0.00915 e. The van der Waals surface area contributed by atoms with Crippen molar-refractivity contribution in [1.82, 2.24) is 0 Å². The fourth-order valence-electron chi connectivity index (χ4n) is 3.54. The number of fused-ring (bicyclic) bond motifs is 5. The second-order valence-corrected chi connectivity index (χ2v) is 5.60. The van der Waals surface area contributed by atoms with Gasteiger partial charge in [0.25, 0.3) is 0 Å². The standard InChI is InChI=1S/C19H17/c1-13-12-19-16-8-3-2-6-14(16)10-11-18(19)17-9-5-4-7-15(13)17/h2-5,7,9-11,13H,1,6,8,12H2. The molecule has 0 nitrogen and oxygen atoms in total. The molecule has 0 N–H and O–H groups in total. The molecule has 0 aromatic heterocycles. The summed E-state index contributed by atoms with van der Waals surface area (Å²) in [5, 5.41) is 0. The quantitative estimate of drug-likeness (QED) is 0.600. The molecule has 2 aromatic carbocycles. The van der Waals surface area contributed by atoms with Gasteiger partial charge in [-0.15, -0.1) is 0 Å². The minimum atomic E-state index is 0.390. The zero-order valence-corrected chi connectivity index (χ0v) is 11.0. The fraction of sp³-hybridized carbons (Fsp3) is 0.211. The van der Waals surface area contributed by atoms with Crippen LogP contribution in [0.3, 0.4) is 0 Å². The van der Waals surface area contributed by atoms with E-state index >= 15 is 0 Å². The van der Waals surface area contributed by atoms with Crippen molar-refractivity contribution in [3.8, 4) is 11.1 Å². The Hall–Kier alpha value is -1.82. The van der Waals surface area contributed by atoms with Crippen LogP contribution in [0.2, 0.25) is 0 Å². The molecule has 0 amide bonds. The minimum absolute atomic E-state index is 0.390. The Kier molecular flexibility index (Phi) is 2.38. The molecule has 0 fully saturated rings. The summed E-state index contributed by atoms with van der Waals surface area (Å²) in [7, 11) is 0. The van der Waals surface area contributed by atoms with E-state index in [2.05, 4.69) is 55.5 Å². The van der Waals surface area contributed by atoms with Crippen LogP contribution in [0.15, 0.2) is 48.6 Å². The van der Waals surface area contributed by atoms with Gasteiger partial charge >= 0.3 is 0 Å². The Balaban J connectivity index is 1.99. The molecule has 0 bridgehead atoms. The van der Waals surface area contributed by atoms with Crippen molar-refractivity contribution >= 4 is 0 Å². The van der Waals surface area contributed by atoms with Gasteiger partial charge in [-0.05, 0) is 65.5 Å². The minimum Gasteiger partial charge on any atom is -0.0838 e. The maximum Gasteiger partial charge on any atom is -0.00915 e. The van der Waals surface area contributed by atoms with E-state index in [0.717, 1.165) is 19.3 Å². The van der Waals surface area contributed by atoms with Gasteiger partial charge < -0.3 is 0 Å². The molecular weight excluding hydrogens is 228 g/mol. The molecule has 0 saturated heterocycles. The highest BCUT2D eigenvalue weighted by atomic mass is 14.3. The van der Waals surface area contributed by atoms with Crippen LogP contribution in [0, 0.1) is 6.92 Å². The number of rotatable bonds is 0. The summed E-state index contributed by atoms with van der Waals surface area (Å²) in [6.45, 7) is 4.37. The monoisotopic (exact) mass is 245 g/mol. The molecule has 93 valence electrons. The molecule has 2 aromatic rings. The maximum atomic E-state index is 4.37. The number of allylic oxidation sites excluding steroid dienone is 2. The Morgan fingerprint density at radius 1 is 0.842 bits per heavy atom. The summed E-state index contributed by atoms with van der Waals surface area (Å²) in [5.41, 5.74) is 8.84. The first-order valence-electron chi connectivity index (χ1n) is 7.05. The zero-order valence-electron chi connectivity index (χ0n) is 11.0. The van der Waals surface area contributed by atoms with Crippen molar-refractivity contribution in [2.75, 3.05) is 0 Å². The first kappa shape index (κ1) is 11.0. The lowest BCUT2D eigenvalue weighted by Gasteiger charge is -2.29. The third-order valence-electron chi connectivity index (χ3n) is 4.50. The van der Waals surface area contributed by atoms with Gasteiger partial charge in [0, 0.05) is 0 Å². The van der Waals surface area contributed by atoms with E-state index in [1.54, 1.807) is 11.1 Å². The lowest BCUT2D eigenvalue weighted by Crippen LogP contribution is -2.13. The third kappa shape index (κ3) is 1.59. The van der Waals surface area contributed by atoms with Gasteiger partial charge in [-0.3, -0.25) is 0 Å². The summed E-state index contributed by atoms with van der Waals surface area (Å²) >= 11 is 0. The van der Waals surface area contributed by atoms with Crippen molar-refractivity contribution in [2.45, 2.75) is 25.2 Å². The van der Waals surface area contributed by atoms with E-state index in [0.29, 0.717) is 5.92 Å². The van der Waals surface area contributed by atoms with Gasteiger partial charge in [-0.25, -0.2) is 0 Å². The largest absolute Gasteiger partial charge is 0.0838 e. The van der Waals surface area contributed by atoms with E-state index in [-0.39, 0.29) is 0 Å². The molecule has 4 rings (SSSR count). The summed E-state index contributed by atoms with van der Waals surface area (Å²) < 4.78 is 0.